The molecule has 0 heterocycles. The lowest BCUT2D eigenvalue weighted by molar-refractivity contribution is -0.0502. The van der Waals surface area contributed by atoms with Crippen LogP contribution in [0.1, 0.15) is 17.3 Å². The minimum absolute atomic E-state index is 0.0786. The van der Waals surface area contributed by atoms with Gasteiger partial charge in [0.05, 0.1) is 12.1 Å². The van der Waals surface area contributed by atoms with E-state index in [0.29, 0.717) is 6.54 Å². The summed E-state index contributed by atoms with van der Waals surface area (Å²) in [6.07, 6.45) is 5.14. The maximum absolute atomic E-state index is 12.2. The molecule has 3 nitrogen and oxygen atoms in total. The van der Waals surface area contributed by atoms with E-state index >= 15 is 0 Å². The molecule has 0 atom stereocenters. The molecule has 18 heavy (non-hydrogen) atoms. The zero-order valence-electron chi connectivity index (χ0n) is 9.90. The lowest BCUT2D eigenvalue weighted by Crippen LogP contribution is -2.31. The molecule has 1 aromatic carbocycles. The van der Waals surface area contributed by atoms with Crippen LogP contribution in [0.3, 0.4) is 0 Å². The fourth-order valence-electron chi connectivity index (χ4n) is 1.45. The van der Waals surface area contributed by atoms with E-state index in [0.717, 1.165) is 0 Å². The van der Waals surface area contributed by atoms with Gasteiger partial charge in [0.15, 0.2) is 0 Å². The summed E-state index contributed by atoms with van der Waals surface area (Å²) in [6, 6.07) is 5.85. The highest BCUT2D eigenvalue weighted by atomic mass is 19.3. The minimum Gasteiger partial charge on any atom is -0.434 e. The van der Waals surface area contributed by atoms with Gasteiger partial charge < -0.3 is 9.64 Å². The maximum atomic E-state index is 12.2. The molecule has 0 unspecified atom stereocenters. The number of para-hydroxylation sites is 1. The van der Waals surface area contributed by atoms with Gasteiger partial charge in [-0.05, 0) is 19.1 Å². The third kappa shape index (κ3) is 3.45. The number of carbonyl (C=O) groups is 1. The summed E-state index contributed by atoms with van der Waals surface area (Å²) < 4.78 is 28.7. The molecule has 0 aliphatic rings. The van der Waals surface area contributed by atoms with Crippen molar-refractivity contribution in [1.82, 2.24) is 4.90 Å². The molecule has 1 rings (SSSR count). The quantitative estimate of drug-likeness (QED) is 0.754. The van der Waals surface area contributed by atoms with Crippen LogP contribution in [0.15, 0.2) is 24.3 Å². The number of carbonyl (C=O) groups excluding carboxylic acids is 1. The van der Waals surface area contributed by atoms with Gasteiger partial charge in [0.2, 0.25) is 0 Å². The van der Waals surface area contributed by atoms with E-state index in [1.165, 1.54) is 23.1 Å². The van der Waals surface area contributed by atoms with Crippen molar-refractivity contribution in [3.05, 3.63) is 29.8 Å². The fourth-order valence-corrected chi connectivity index (χ4v) is 1.45. The number of terminal acetylenes is 1. The van der Waals surface area contributed by atoms with E-state index in [4.69, 9.17) is 6.42 Å². The number of hydrogen-bond acceptors (Lipinski definition) is 2. The van der Waals surface area contributed by atoms with Gasteiger partial charge >= 0.3 is 6.61 Å². The maximum Gasteiger partial charge on any atom is 0.387 e. The molecule has 0 aliphatic carbocycles. The van der Waals surface area contributed by atoms with Crippen LogP contribution in [-0.4, -0.2) is 30.5 Å². The predicted octanol–water partition coefficient (Wildman–Crippen LogP) is 2.38. The first-order valence-corrected chi connectivity index (χ1v) is 5.36. The number of nitrogens with zero attached hydrogens (tertiary/aromatic N) is 1. The topological polar surface area (TPSA) is 29.5 Å². The Labute approximate surface area is 104 Å². The van der Waals surface area contributed by atoms with Gasteiger partial charge in [-0.2, -0.15) is 8.78 Å². The van der Waals surface area contributed by atoms with E-state index in [1.54, 1.807) is 13.0 Å². The Hall–Kier alpha value is -2.09. The molecule has 5 heteroatoms. The van der Waals surface area contributed by atoms with E-state index in [2.05, 4.69) is 10.7 Å². The van der Waals surface area contributed by atoms with Crippen LogP contribution in [0.4, 0.5) is 8.78 Å². The molecule has 0 saturated heterocycles. The summed E-state index contributed by atoms with van der Waals surface area (Å²) in [7, 11) is 0. The van der Waals surface area contributed by atoms with Crippen LogP contribution in [-0.2, 0) is 0 Å². The highest BCUT2D eigenvalue weighted by Gasteiger charge is 2.19. The number of benzene rings is 1. The third-order valence-corrected chi connectivity index (χ3v) is 2.28. The normalized spacial score (nSPS) is 9.94. The van der Waals surface area contributed by atoms with Gasteiger partial charge in [-0.25, -0.2) is 0 Å². The van der Waals surface area contributed by atoms with E-state index in [-0.39, 0.29) is 17.9 Å². The number of alkyl halides is 2. The van der Waals surface area contributed by atoms with Gasteiger partial charge in [-0.15, -0.1) is 6.42 Å². The highest BCUT2D eigenvalue weighted by Crippen LogP contribution is 2.21. The van der Waals surface area contributed by atoms with Crippen molar-refractivity contribution in [3.8, 4) is 18.1 Å². The first kappa shape index (κ1) is 14.0. The number of hydrogen-bond donors (Lipinski definition) is 0. The van der Waals surface area contributed by atoms with Crippen LogP contribution in [0, 0.1) is 12.3 Å². The summed E-state index contributed by atoms with van der Waals surface area (Å²) in [5.74, 6) is 1.78. The van der Waals surface area contributed by atoms with Crippen LogP contribution in [0.25, 0.3) is 0 Å². The van der Waals surface area contributed by atoms with Crippen molar-refractivity contribution in [1.29, 1.82) is 0 Å². The third-order valence-electron chi connectivity index (χ3n) is 2.28. The van der Waals surface area contributed by atoms with Gasteiger partial charge in [0, 0.05) is 6.54 Å². The standard InChI is InChI=1S/C13H13F2NO2/c1-3-9-16(4-2)12(17)10-7-5-6-8-11(10)18-13(14)15/h1,5-8,13H,4,9H2,2H3. The predicted molar refractivity (Wildman–Crippen MR) is 63.5 cm³/mol. The van der Waals surface area contributed by atoms with Crippen molar-refractivity contribution >= 4 is 5.91 Å². The van der Waals surface area contributed by atoms with Gasteiger partial charge in [-0.3, -0.25) is 4.79 Å². The second kappa shape index (κ2) is 6.60. The lowest BCUT2D eigenvalue weighted by atomic mass is 10.1. The summed E-state index contributed by atoms with van der Waals surface area (Å²) in [4.78, 5) is 13.4. The molecule has 0 radical (unpaired) electrons. The lowest BCUT2D eigenvalue weighted by Gasteiger charge is -2.19. The summed E-state index contributed by atoms with van der Waals surface area (Å²) >= 11 is 0. The molecule has 0 bridgehead atoms. The second-order valence-corrected chi connectivity index (χ2v) is 3.40. The Morgan fingerprint density at radius 2 is 2.17 bits per heavy atom. The first-order valence-electron chi connectivity index (χ1n) is 5.36. The van der Waals surface area contributed by atoms with Crippen molar-refractivity contribution in [2.75, 3.05) is 13.1 Å². The van der Waals surface area contributed by atoms with Gasteiger partial charge in [0.1, 0.15) is 5.75 Å². The van der Waals surface area contributed by atoms with Gasteiger partial charge in [-0.1, -0.05) is 18.1 Å². The van der Waals surface area contributed by atoms with E-state index < -0.39 is 12.5 Å². The van der Waals surface area contributed by atoms with Gasteiger partial charge in [0.25, 0.3) is 5.91 Å². The molecule has 0 spiro atoms. The van der Waals surface area contributed by atoms with Crippen LogP contribution in [0.5, 0.6) is 5.75 Å². The molecule has 1 amide bonds. The smallest absolute Gasteiger partial charge is 0.387 e. The SMILES string of the molecule is C#CCN(CC)C(=O)c1ccccc1OC(F)F. The molecular weight excluding hydrogens is 240 g/mol. The summed E-state index contributed by atoms with van der Waals surface area (Å²) in [6.45, 7) is -0.697. The van der Waals surface area contributed by atoms with Crippen molar-refractivity contribution in [2.45, 2.75) is 13.5 Å². The Bertz CT molecular complexity index is 455. The Morgan fingerprint density at radius 1 is 1.50 bits per heavy atom. The average molecular weight is 253 g/mol. The zero-order valence-corrected chi connectivity index (χ0v) is 9.90. The van der Waals surface area contributed by atoms with E-state index in [9.17, 15) is 13.6 Å². The fraction of sp³-hybridized carbons (Fsp3) is 0.308. The molecule has 0 fully saturated rings. The molecule has 0 N–H and O–H groups in total. The molecule has 0 saturated carbocycles. The average Bonchev–Trinajstić information content (AvgIpc) is 2.35. The number of halogens is 2. The molecular formula is C13H13F2NO2. The monoisotopic (exact) mass is 253 g/mol. The highest BCUT2D eigenvalue weighted by molar-refractivity contribution is 5.97. The number of amides is 1. The van der Waals surface area contributed by atoms with Crippen LogP contribution >= 0.6 is 0 Å². The van der Waals surface area contributed by atoms with Crippen molar-refractivity contribution in [3.63, 3.8) is 0 Å². The molecule has 0 aliphatic heterocycles. The van der Waals surface area contributed by atoms with E-state index in [1.807, 2.05) is 0 Å². The second-order valence-electron chi connectivity index (χ2n) is 3.40. The van der Waals surface area contributed by atoms with Crippen molar-refractivity contribution < 1.29 is 18.3 Å². The Balaban J connectivity index is 3.01. The summed E-state index contributed by atoms with van der Waals surface area (Å²) in [5, 5.41) is 0. The minimum atomic E-state index is -2.97. The van der Waals surface area contributed by atoms with Crippen LogP contribution in [0.2, 0.25) is 0 Å². The molecule has 0 aromatic heterocycles. The number of ether oxygens (including phenoxy) is 1. The molecule has 1 aromatic rings. The summed E-state index contributed by atoms with van der Waals surface area (Å²) in [5.41, 5.74) is 0.0786. The van der Waals surface area contributed by atoms with Crippen LogP contribution < -0.4 is 4.74 Å². The molecule has 96 valence electrons. The van der Waals surface area contributed by atoms with Crippen molar-refractivity contribution in [2.24, 2.45) is 0 Å². The Kier molecular flexibility index (Phi) is 5.12. The first-order chi connectivity index (χ1) is 8.60. The largest absolute Gasteiger partial charge is 0.434 e. The Morgan fingerprint density at radius 3 is 2.72 bits per heavy atom. The zero-order chi connectivity index (χ0) is 13.5. The number of rotatable bonds is 5.